The van der Waals surface area contributed by atoms with Gasteiger partial charge in [0, 0.05) is 12.1 Å². The lowest BCUT2D eigenvalue weighted by molar-refractivity contribution is -0.139. The number of hydrogen-bond donors (Lipinski definition) is 1. The fourth-order valence-electron chi connectivity index (χ4n) is 2.48. The number of hydrogen-bond acceptors (Lipinski definition) is 3. The van der Waals surface area contributed by atoms with Gasteiger partial charge in [-0.25, -0.2) is 0 Å². The van der Waals surface area contributed by atoms with Crippen LogP contribution in [-0.2, 0) is 16.0 Å². The number of rotatable bonds is 4. The molecular formula is C15H19NO4. The van der Waals surface area contributed by atoms with Crippen LogP contribution in [-0.4, -0.2) is 47.7 Å². The molecule has 1 unspecified atom stereocenters. The molecule has 1 fully saturated rings. The Hall–Kier alpha value is -1.88. The molecule has 1 atom stereocenters. The Labute approximate surface area is 118 Å². The Morgan fingerprint density at radius 2 is 2.15 bits per heavy atom. The van der Waals surface area contributed by atoms with Crippen molar-refractivity contribution in [3.05, 3.63) is 35.4 Å². The molecular weight excluding hydrogens is 258 g/mol. The molecule has 1 aromatic rings. The Kier molecular flexibility index (Phi) is 4.74. The van der Waals surface area contributed by atoms with Gasteiger partial charge >= 0.3 is 5.97 Å². The summed E-state index contributed by atoms with van der Waals surface area (Å²) in [7, 11) is 0. The number of nitrogens with zero attached hydrogens (tertiary/aromatic N) is 1. The first-order valence-electron chi connectivity index (χ1n) is 6.82. The van der Waals surface area contributed by atoms with E-state index in [4.69, 9.17) is 9.84 Å². The van der Waals surface area contributed by atoms with E-state index in [1.54, 1.807) is 11.0 Å². The third-order valence-corrected chi connectivity index (χ3v) is 3.53. The largest absolute Gasteiger partial charge is 0.481 e. The van der Waals surface area contributed by atoms with Crippen molar-refractivity contribution >= 4 is 11.9 Å². The molecule has 0 bridgehead atoms. The summed E-state index contributed by atoms with van der Waals surface area (Å²) in [6, 6.07) is 7.08. The van der Waals surface area contributed by atoms with Crippen molar-refractivity contribution in [3.8, 4) is 0 Å². The van der Waals surface area contributed by atoms with Gasteiger partial charge in [0.15, 0.2) is 0 Å². The number of aliphatic carboxylic acids is 1. The fraction of sp³-hybridized carbons (Fsp3) is 0.467. The van der Waals surface area contributed by atoms with Crippen LogP contribution in [0.1, 0.15) is 29.3 Å². The van der Waals surface area contributed by atoms with Gasteiger partial charge in [0.2, 0.25) is 0 Å². The molecule has 1 heterocycles. The first kappa shape index (κ1) is 14.5. The van der Waals surface area contributed by atoms with E-state index in [0.717, 1.165) is 12.0 Å². The second kappa shape index (κ2) is 6.52. The fourth-order valence-corrected chi connectivity index (χ4v) is 2.48. The smallest absolute Gasteiger partial charge is 0.305 e. The van der Waals surface area contributed by atoms with E-state index < -0.39 is 12.0 Å². The molecule has 1 aromatic carbocycles. The van der Waals surface area contributed by atoms with Crippen molar-refractivity contribution in [2.24, 2.45) is 0 Å². The number of benzene rings is 1. The third kappa shape index (κ3) is 3.17. The molecule has 1 aliphatic heterocycles. The maximum Gasteiger partial charge on any atom is 0.305 e. The minimum Gasteiger partial charge on any atom is -0.481 e. The van der Waals surface area contributed by atoms with Gasteiger partial charge in [-0.3, -0.25) is 9.59 Å². The van der Waals surface area contributed by atoms with Crippen molar-refractivity contribution in [2.45, 2.75) is 25.8 Å². The highest BCUT2D eigenvalue weighted by Crippen LogP contribution is 2.18. The van der Waals surface area contributed by atoms with Crippen LogP contribution in [0.2, 0.25) is 0 Å². The zero-order chi connectivity index (χ0) is 14.5. The van der Waals surface area contributed by atoms with Gasteiger partial charge in [-0.05, 0) is 18.1 Å². The molecule has 20 heavy (non-hydrogen) atoms. The maximum absolute atomic E-state index is 12.6. The number of carbonyl (C=O) groups excluding carboxylic acids is 1. The van der Waals surface area contributed by atoms with Crippen LogP contribution < -0.4 is 0 Å². The molecule has 1 N–H and O–H groups in total. The Bertz CT molecular complexity index is 500. The number of aryl methyl sites for hydroxylation is 1. The summed E-state index contributed by atoms with van der Waals surface area (Å²) in [5, 5.41) is 8.94. The van der Waals surface area contributed by atoms with E-state index in [9.17, 15) is 9.59 Å². The Morgan fingerprint density at radius 1 is 1.40 bits per heavy atom. The van der Waals surface area contributed by atoms with E-state index in [2.05, 4.69) is 0 Å². The summed E-state index contributed by atoms with van der Waals surface area (Å²) in [6.45, 7) is 3.18. The first-order chi connectivity index (χ1) is 9.63. The molecule has 1 aliphatic rings. The predicted octanol–water partition coefficient (Wildman–Crippen LogP) is 1.56. The number of amides is 1. The number of morpholine rings is 1. The molecule has 5 nitrogen and oxygen atoms in total. The van der Waals surface area contributed by atoms with Gasteiger partial charge in [-0.2, -0.15) is 0 Å². The average molecular weight is 277 g/mol. The third-order valence-electron chi connectivity index (χ3n) is 3.53. The van der Waals surface area contributed by atoms with Crippen LogP contribution in [0.4, 0.5) is 0 Å². The number of ether oxygens (including phenoxy) is 1. The van der Waals surface area contributed by atoms with Crippen molar-refractivity contribution in [2.75, 3.05) is 19.8 Å². The van der Waals surface area contributed by atoms with Gasteiger partial charge in [0.25, 0.3) is 5.91 Å². The second-order valence-electron chi connectivity index (χ2n) is 4.84. The van der Waals surface area contributed by atoms with Gasteiger partial charge in [0.05, 0.1) is 25.7 Å². The molecule has 0 radical (unpaired) electrons. The number of carbonyl (C=O) groups is 2. The monoisotopic (exact) mass is 277 g/mol. The van der Waals surface area contributed by atoms with Crippen LogP contribution in [0, 0.1) is 0 Å². The SMILES string of the molecule is CCc1ccccc1C(=O)N1CCOCC1CC(=O)O. The van der Waals surface area contributed by atoms with E-state index in [1.807, 2.05) is 25.1 Å². The van der Waals surface area contributed by atoms with Crippen molar-refractivity contribution in [3.63, 3.8) is 0 Å². The molecule has 1 saturated heterocycles. The first-order valence-corrected chi connectivity index (χ1v) is 6.82. The number of carboxylic acids is 1. The van der Waals surface area contributed by atoms with E-state index in [-0.39, 0.29) is 18.9 Å². The number of carboxylic acid groups (broad SMARTS) is 1. The molecule has 0 aromatic heterocycles. The van der Waals surface area contributed by atoms with Gasteiger partial charge in [0.1, 0.15) is 0 Å². The highest BCUT2D eigenvalue weighted by atomic mass is 16.5. The minimum atomic E-state index is -0.915. The van der Waals surface area contributed by atoms with Crippen LogP contribution in [0.15, 0.2) is 24.3 Å². The topological polar surface area (TPSA) is 66.8 Å². The van der Waals surface area contributed by atoms with Gasteiger partial charge < -0.3 is 14.7 Å². The van der Waals surface area contributed by atoms with Crippen LogP contribution >= 0.6 is 0 Å². The normalized spacial score (nSPS) is 18.9. The van der Waals surface area contributed by atoms with Crippen LogP contribution in [0.3, 0.4) is 0 Å². The van der Waals surface area contributed by atoms with Crippen molar-refractivity contribution in [1.82, 2.24) is 4.90 Å². The average Bonchev–Trinajstić information content (AvgIpc) is 2.46. The second-order valence-corrected chi connectivity index (χ2v) is 4.84. The molecule has 0 aliphatic carbocycles. The molecule has 108 valence electrons. The highest BCUT2D eigenvalue weighted by molar-refractivity contribution is 5.96. The van der Waals surface area contributed by atoms with Crippen LogP contribution in [0.5, 0.6) is 0 Å². The quantitative estimate of drug-likeness (QED) is 0.907. The molecule has 1 amide bonds. The summed E-state index contributed by atoms with van der Waals surface area (Å²) in [5.41, 5.74) is 1.64. The van der Waals surface area contributed by atoms with Crippen molar-refractivity contribution < 1.29 is 19.4 Å². The summed E-state index contributed by atoms with van der Waals surface area (Å²) < 4.78 is 5.30. The van der Waals surface area contributed by atoms with Crippen LogP contribution in [0.25, 0.3) is 0 Å². The van der Waals surface area contributed by atoms with Gasteiger partial charge in [-0.1, -0.05) is 25.1 Å². The van der Waals surface area contributed by atoms with Gasteiger partial charge in [-0.15, -0.1) is 0 Å². The standard InChI is InChI=1S/C15H19NO4/c1-2-11-5-3-4-6-13(11)15(19)16-7-8-20-10-12(16)9-14(17)18/h3-6,12H,2,7-10H2,1H3,(H,17,18). The highest BCUT2D eigenvalue weighted by Gasteiger charge is 2.30. The van der Waals surface area contributed by atoms with Crippen molar-refractivity contribution in [1.29, 1.82) is 0 Å². The molecule has 5 heteroatoms. The lowest BCUT2D eigenvalue weighted by Crippen LogP contribution is -2.49. The maximum atomic E-state index is 12.6. The summed E-state index contributed by atoms with van der Waals surface area (Å²) in [4.78, 5) is 25.2. The minimum absolute atomic E-state index is 0.0833. The summed E-state index contributed by atoms with van der Waals surface area (Å²) >= 11 is 0. The molecule has 0 spiro atoms. The zero-order valence-corrected chi connectivity index (χ0v) is 11.5. The summed E-state index contributed by atoms with van der Waals surface area (Å²) in [6.07, 6.45) is 0.690. The Balaban J connectivity index is 2.23. The lowest BCUT2D eigenvalue weighted by atomic mass is 10.0. The summed E-state index contributed by atoms with van der Waals surface area (Å²) in [5.74, 6) is -1.01. The van der Waals surface area contributed by atoms with E-state index in [0.29, 0.717) is 18.7 Å². The van der Waals surface area contributed by atoms with E-state index in [1.165, 1.54) is 0 Å². The molecule has 2 rings (SSSR count). The zero-order valence-electron chi connectivity index (χ0n) is 11.5. The Morgan fingerprint density at radius 3 is 2.85 bits per heavy atom. The predicted molar refractivity (Wildman–Crippen MR) is 73.7 cm³/mol. The lowest BCUT2D eigenvalue weighted by Gasteiger charge is -2.35. The molecule has 0 saturated carbocycles. The van der Waals surface area contributed by atoms with E-state index >= 15 is 0 Å².